The van der Waals surface area contributed by atoms with E-state index < -0.39 is 5.41 Å². The van der Waals surface area contributed by atoms with E-state index in [0.717, 1.165) is 43.7 Å². The molecule has 1 atom stereocenters. The summed E-state index contributed by atoms with van der Waals surface area (Å²) in [6, 6.07) is 14.5. The van der Waals surface area contributed by atoms with Crippen molar-refractivity contribution in [2.24, 2.45) is 0 Å². The van der Waals surface area contributed by atoms with Crippen LogP contribution in [0, 0.1) is 18.3 Å². The summed E-state index contributed by atoms with van der Waals surface area (Å²) in [6.07, 6.45) is 5.62. The zero-order valence-corrected chi connectivity index (χ0v) is 21.2. The largest absolute Gasteiger partial charge is 0.415 e. The zero-order chi connectivity index (χ0) is 25.8. The number of hydrogen-bond acceptors (Lipinski definition) is 9. The van der Waals surface area contributed by atoms with Gasteiger partial charge >= 0.3 is 0 Å². The molecular weight excluding hydrogens is 466 g/mol. The summed E-state index contributed by atoms with van der Waals surface area (Å²) in [5, 5.41) is 21.5. The minimum absolute atomic E-state index is 0.302. The van der Waals surface area contributed by atoms with Gasteiger partial charge in [0.1, 0.15) is 5.69 Å². The highest BCUT2D eigenvalue weighted by Crippen LogP contribution is 2.28. The molecule has 37 heavy (non-hydrogen) atoms. The van der Waals surface area contributed by atoms with Gasteiger partial charge in [0.2, 0.25) is 5.89 Å². The van der Waals surface area contributed by atoms with Crippen molar-refractivity contribution < 1.29 is 9.15 Å². The second kappa shape index (κ2) is 10.5. The lowest BCUT2D eigenvalue weighted by atomic mass is 9.90. The number of ether oxygens (including phenoxy) is 1. The van der Waals surface area contributed by atoms with Gasteiger partial charge in [0.05, 0.1) is 41.4 Å². The Morgan fingerprint density at radius 1 is 1.08 bits per heavy atom. The van der Waals surface area contributed by atoms with Crippen LogP contribution in [0.4, 0.5) is 0 Å². The second-order valence-electron chi connectivity index (χ2n) is 9.76. The van der Waals surface area contributed by atoms with Gasteiger partial charge in [-0.2, -0.15) is 5.26 Å². The normalized spacial score (nSPS) is 15.9. The van der Waals surface area contributed by atoms with Crippen LogP contribution in [0.5, 0.6) is 0 Å². The fourth-order valence-electron chi connectivity index (χ4n) is 4.14. The summed E-state index contributed by atoms with van der Waals surface area (Å²) in [5.41, 5.74) is 4.62. The average Bonchev–Trinajstić information content (AvgIpc) is 3.43. The number of nitriles is 1. The predicted octanol–water partition coefficient (Wildman–Crippen LogP) is 4.63. The van der Waals surface area contributed by atoms with Crippen LogP contribution in [0.25, 0.3) is 34.3 Å². The molecule has 0 aliphatic carbocycles. The maximum absolute atomic E-state index is 9.48. The molecule has 0 amide bonds. The second-order valence-corrected chi connectivity index (χ2v) is 9.76. The Bertz CT molecular complexity index is 1420. The predicted molar refractivity (Wildman–Crippen MR) is 138 cm³/mol. The van der Waals surface area contributed by atoms with E-state index in [4.69, 9.17) is 14.1 Å². The molecule has 1 aliphatic heterocycles. The highest BCUT2D eigenvalue weighted by atomic mass is 16.5. The zero-order valence-electron chi connectivity index (χ0n) is 21.2. The molecule has 4 heterocycles. The van der Waals surface area contributed by atoms with Gasteiger partial charge in [-0.3, -0.25) is 9.97 Å². The minimum Gasteiger partial charge on any atom is -0.415 e. The Labute approximate surface area is 216 Å². The first kappa shape index (κ1) is 24.7. The monoisotopic (exact) mass is 495 g/mol. The Balaban J connectivity index is 1.34. The molecule has 1 unspecified atom stereocenters. The third-order valence-corrected chi connectivity index (χ3v) is 6.51. The molecule has 0 spiro atoms. The Morgan fingerprint density at radius 3 is 2.65 bits per heavy atom. The van der Waals surface area contributed by atoms with Gasteiger partial charge in [0, 0.05) is 36.5 Å². The average molecular weight is 496 g/mol. The van der Waals surface area contributed by atoms with Crippen LogP contribution < -0.4 is 5.32 Å². The van der Waals surface area contributed by atoms with Crippen molar-refractivity contribution in [3.8, 4) is 40.4 Å². The maximum atomic E-state index is 9.48. The van der Waals surface area contributed by atoms with Crippen LogP contribution >= 0.6 is 0 Å². The number of aryl methyl sites for hydroxylation is 1. The minimum atomic E-state index is -0.714. The van der Waals surface area contributed by atoms with E-state index in [0.29, 0.717) is 40.6 Å². The topological polar surface area (TPSA) is 123 Å². The molecule has 1 aromatic carbocycles. The van der Waals surface area contributed by atoms with Gasteiger partial charge in [-0.15, -0.1) is 10.2 Å². The van der Waals surface area contributed by atoms with Crippen LogP contribution in [0.15, 0.2) is 53.2 Å². The van der Waals surface area contributed by atoms with Gasteiger partial charge in [-0.25, -0.2) is 4.98 Å². The summed E-state index contributed by atoms with van der Waals surface area (Å²) in [7, 11) is 0. The Hall–Kier alpha value is -4.00. The lowest BCUT2D eigenvalue weighted by Crippen LogP contribution is -2.36. The molecule has 188 valence electrons. The van der Waals surface area contributed by atoms with Gasteiger partial charge in [-0.1, -0.05) is 12.1 Å². The third-order valence-electron chi connectivity index (χ3n) is 6.51. The quantitative estimate of drug-likeness (QED) is 0.391. The van der Waals surface area contributed by atoms with E-state index in [2.05, 4.69) is 43.7 Å². The van der Waals surface area contributed by atoms with E-state index in [1.807, 2.05) is 45.0 Å². The fourth-order valence-corrected chi connectivity index (χ4v) is 4.14. The SMILES string of the molecule is Cc1ncc(-c2ccnc(C(C)(C)C#N)c2)nc1-c1nnc(-c2ccc(CNC3CCCOC3)cc2)o1. The number of hydrogen-bond donors (Lipinski definition) is 1. The molecule has 1 aliphatic rings. The summed E-state index contributed by atoms with van der Waals surface area (Å²) in [6.45, 7) is 7.94. The van der Waals surface area contributed by atoms with Gasteiger partial charge in [0.15, 0.2) is 0 Å². The van der Waals surface area contributed by atoms with Crippen LogP contribution in [0.3, 0.4) is 0 Å². The first-order chi connectivity index (χ1) is 17.9. The van der Waals surface area contributed by atoms with Crippen molar-refractivity contribution in [2.45, 2.75) is 51.6 Å². The Morgan fingerprint density at radius 2 is 1.89 bits per heavy atom. The number of nitrogens with one attached hydrogen (secondary N) is 1. The van der Waals surface area contributed by atoms with Crippen molar-refractivity contribution in [3.63, 3.8) is 0 Å². The van der Waals surface area contributed by atoms with Gasteiger partial charge in [0.25, 0.3) is 5.89 Å². The first-order valence-electron chi connectivity index (χ1n) is 12.4. The van der Waals surface area contributed by atoms with Crippen molar-refractivity contribution in [1.29, 1.82) is 5.26 Å². The van der Waals surface area contributed by atoms with Crippen LogP contribution in [-0.4, -0.2) is 44.4 Å². The molecule has 1 saturated heterocycles. The van der Waals surface area contributed by atoms with E-state index in [1.54, 1.807) is 12.4 Å². The molecule has 4 aromatic rings. The summed E-state index contributed by atoms with van der Waals surface area (Å²) in [4.78, 5) is 13.6. The molecule has 1 fully saturated rings. The Kier molecular flexibility index (Phi) is 7.04. The highest BCUT2D eigenvalue weighted by Gasteiger charge is 2.23. The lowest BCUT2D eigenvalue weighted by Gasteiger charge is -2.23. The third kappa shape index (κ3) is 5.56. The molecular formula is C28H29N7O2. The van der Waals surface area contributed by atoms with Crippen molar-refractivity contribution in [3.05, 3.63) is 65.7 Å². The fraction of sp³-hybridized carbons (Fsp3) is 0.357. The van der Waals surface area contributed by atoms with Crippen molar-refractivity contribution >= 4 is 0 Å². The summed E-state index contributed by atoms with van der Waals surface area (Å²) in [5.74, 6) is 0.722. The molecule has 0 radical (unpaired) electrons. The van der Waals surface area contributed by atoms with Gasteiger partial charge in [-0.05, 0) is 63.4 Å². The number of pyridine rings is 1. The molecule has 0 saturated carbocycles. The van der Waals surface area contributed by atoms with E-state index in [1.165, 1.54) is 5.56 Å². The first-order valence-corrected chi connectivity index (χ1v) is 12.4. The van der Waals surface area contributed by atoms with E-state index in [9.17, 15) is 5.26 Å². The lowest BCUT2D eigenvalue weighted by molar-refractivity contribution is 0.0699. The molecule has 5 rings (SSSR count). The number of nitrogens with zero attached hydrogens (tertiary/aromatic N) is 6. The molecule has 3 aromatic heterocycles. The van der Waals surface area contributed by atoms with Crippen LogP contribution in [-0.2, 0) is 16.7 Å². The number of rotatable bonds is 7. The van der Waals surface area contributed by atoms with Crippen LogP contribution in [0.2, 0.25) is 0 Å². The standard InChI is InChI=1S/C28H29N7O2/c1-18-25(33-23(15-31-18)21-10-11-30-24(13-21)28(2,3)17-29)27-35-34-26(37-27)20-8-6-19(7-9-20)14-32-22-5-4-12-36-16-22/h6-11,13,15,22,32H,4-5,12,14,16H2,1-3H3. The molecule has 0 bridgehead atoms. The van der Waals surface area contributed by atoms with Crippen LogP contribution in [0.1, 0.15) is 43.6 Å². The number of benzene rings is 1. The van der Waals surface area contributed by atoms with Crippen molar-refractivity contribution in [1.82, 2.24) is 30.5 Å². The van der Waals surface area contributed by atoms with E-state index >= 15 is 0 Å². The number of aromatic nitrogens is 5. The van der Waals surface area contributed by atoms with E-state index in [-0.39, 0.29) is 0 Å². The molecule has 9 heteroatoms. The van der Waals surface area contributed by atoms with Gasteiger partial charge < -0.3 is 14.5 Å². The molecule has 1 N–H and O–H groups in total. The maximum Gasteiger partial charge on any atom is 0.268 e. The smallest absolute Gasteiger partial charge is 0.268 e. The summed E-state index contributed by atoms with van der Waals surface area (Å²) < 4.78 is 11.5. The van der Waals surface area contributed by atoms with Crippen molar-refractivity contribution in [2.75, 3.05) is 13.2 Å². The summed E-state index contributed by atoms with van der Waals surface area (Å²) >= 11 is 0. The molecule has 9 nitrogen and oxygen atoms in total. The highest BCUT2D eigenvalue weighted by molar-refractivity contribution is 5.64.